The van der Waals surface area contributed by atoms with Crippen molar-refractivity contribution in [3.63, 3.8) is 0 Å². The van der Waals surface area contributed by atoms with Gasteiger partial charge in [-0.1, -0.05) is 0 Å². The number of nitrogen functional groups attached to an aromatic ring is 1. The van der Waals surface area contributed by atoms with Crippen molar-refractivity contribution in [1.82, 2.24) is 14.7 Å². The molecule has 8 heteroatoms. The van der Waals surface area contributed by atoms with Crippen LogP contribution in [-0.4, -0.2) is 50.3 Å². The molecule has 2 unspecified atom stereocenters. The fourth-order valence-electron chi connectivity index (χ4n) is 2.05. The zero-order valence-electron chi connectivity index (χ0n) is 9.69. The number of hydrogen-bond acceptors (Lipinski definition) is 5. The number of hydrogen-bond donors (Lipinski definition) is 3. The molecule has 18 heavy (non-hydrogen) atoms. The molecule has 0 aliphatic carbocycles. The van der Waals surface area contributed by atoms with Crippen LogP contribution in [0.4, 0.5) is 5.82 Å². The molecule has 2 rings (SSSR count). The Bertz CT molecular complexity index is 472. The minimum Gasteiger partial charge on any atom is -0.391 e. The van der Waals surface area contributed by atoms with Crippen molar-refractivity contribution in [2.24, 2.45) is 5.73 Å². The number of amides is 2. The SMILES string of the molecule is NC(=O)C1CC(O)CN1C(=O)Cn1ccc(N)n1. The number of carbonyl (C=O) groups excluding carboxylic acids is 2. The summed E-state index contributed by atoms with van der Waals surface area (Å²) in [6.07, 6.45) is 1.04. The molecule has 98 valence electrons. The van der Waals surface area contributed by atoms with E-state index in [0.717, 1.165) is 0 Å². The Morgan fingerprint density at radius 2 is 2.28 bits per heavy atom. The molecule has 2 heterocycles. The van der Waals surface area contributed by atoms with Crippen molar-refractivity contribution in [3.05, 3.63) is 12.3 Å². The Morgan fingerprint density at radius 1 is 1.56 bits per heavy atom. The van der Waals surface area contributed by atoms with Gasteiger partial charge in [0.2, 0.25) is 11.8 Å². The summed E-state index contributed by atoms with van der Waals surface area (Å²) in [6, 6.07) is 0.818. The van der Waals surface area contributed by atoms with Crippen molar-refractivity contribution in [1.29, 1.82) is 0 Å². The molecule has 0 spiro atoms. The second-order valence-electron chi connectivity index (χ2n) is 4.29. The van der Waals surface area contributed by atoms with Crippen LogP contribution in [0.25, 0.3) is 0 Å². The molecule has 1 fully saturated rings. The number of aromatic nitrogens is 2. The Morgan fingerprint density at radius 3 is 2.83 bits per heavy atom. The van der Waals surface area contributed by atoms with Gasteiger partial charge in [0.1, 0.15) is 18.4 Å². The molecule has 1 aromatic heterocycles. The summed E-state index contributed by atoms with van der Waals surface area (Å²) in [6.45, 7) is 0.0802. The fraction of sp³-hybridized carbons (Fsp3) is 0.500. The molecule has 5 N–H and O–H groups in total. The van der Waals surface area contributed by atoms with Crippen LogP contribution in [0.1, 0.15) is 6.42 Å². The van der Waals surface area contributed by atoms with Gasteiger partial charge < -0.3 is 21.5 Å². The highest BCUT2D eigenvalue weighted by atomic mass is 16.3. The van der Waals surface area contributed by atoms with E-state index in [4.69, 9.17) is 11.5 Å². The average molecular weight is 253 g/mol. The third-order valence-electron chi connectivity index (χ3n) is 2.89. The molecule has 1 aliphatic heterocycles. The van der Waals surface area contributed by atoms with Crippen LogP contribution in [0.5, 0.6) is 0 Å². The highest BCUT2D eigenvalue weighted by Gasteiger charge is 2.37. The lowest BCUT2D eigenvalue weighted by molar-refractivity contribution is -0.138. The monoisotopic (exact) mass is 253 g/mol. The van der Waals surface area contributed by atoms with Gasteiger partial charge in [-0.2, -0.15) is 5.10 Å². The second kappa shape index (κ2) is 4.65. The van der Waals surface area contributed by atoms with Crippen LogP contribution in [0.15, 0.2) is 12.3 Å². The lowest BCUT2D eigenvalue weighted by Gasteiger charge is -2.21. The third kappa shape index (κ3) is 2.43. The van der Waals surface area contributed by atoms with E-state index in [-0.39, 0.29) is 25.4 Å². The summed E-state index contributed by atoms with van der Waals surface area (Å²) < 4.78 is 1.38. The van der Waals surface area contributed by atoms with E-state index in [9.17, 15) is 14.7 Å². The van der Waals surface area contributed by atoms with Gasteiger partial charge in [0.15, 0.2) is 0 Å². The molecule has 0 aromatic carbocycles. The van der Waals surface area contributed by atoms with Gasteiger partial charge in [0, 0.05) is 19.2 Å². The quantitative estimate of drug-likeness (QED) is 0.569. The average Bonchev–Trinajstić information content (AvgIpc) is 2.85. The minimum atomic E-state index is -0.750. The van der Waals surface area contributed by atoms with E-state index in [1.165, 1.54) is 9.58 Å². The van der Waals surface area contributed by atoms with Crippen LogP contribution < -0.4 is 11.5 Å². The van der Waals surface area contributed by atoms with Crippen molar-refractivity contribution in [3.8, 4) is 0 Å². The Labute approximate surface area is 103 Å². The number of carbonyl (C=O) groups is 2. The number of rotatable bonds is 3. The first-order valence-electron chi connectivity index (χ1n) is 5.53. The summed E-state index contributed by atoms with van der Waals surface area (Å²) in [7, 11) is 0. The van der Waals surface area contributed by atoms with Crippen molar-refractivity contribution < 1.29 is 14.7 Å². The molecule has 1 aromatic rings. The lowest BCUT2D eigenvalue weighted by atomic mass is 10.2. The summed E-state index contributed by atoms with van der Waals surface area (Å²) in [5.74, 6) is -0.617. The maximum atomic E-state index is 12.0. The molecule has 2 amide bonds. The van der Waals surface area contributed by atoms with Crippen LogP contribution >= 0.6 is 0 Å². The van der Waals surface area contributed by atoms with Crippen LogP contribution in [0.2, 0.25) is 0 Å². The molecule has 2 atom stereocenters. The Balaban J connectivity index is 2.06. The zero-order chi connectivity index (χ0) is 13.3. The maximum Gasteiger partial charge on any atom is 0.245 e. The maximum absolute atomic E-state index is 12.0. The first-order valence-corrected chi connectivity index (χ1v) is 5.53. The van der Waals surface area contributed by atoms with Crippen LogP contribution in [-0.2, 0) is 16.1 Å². The van der Waals surface area contributed by atoms with E-state index in [1.54, 1.807) is 12.3 Å². The molecule has 0 bridgehead atoms. The molecule has 1 aliphatic rings. The summed E-state index contributed by atoms with van der Waals surface area (Å²) in [5, 5.41) is 13.4. The second-order valence-corrected chi connectivity index (χ2v) is 4.29. The van der Waals surface area contributed by atoms with Crippen molar-refractivity contribution in [2.45, 2.75) is 25.1 Å². The lowest BCUT2D eigenvalue weighted by Crippen LogP contribution is -2.45. The Kier molecular flexibility index (Phi) is 3.19. The zero-order valence-corrected chi connectivity index (χ0v) is 9.69. The normalized spacial score (nSPS) is 23.3. The van der Waals surface area contributed by atoms with E-state index in [1.807, 2.05) is 0 Å². The molecule has 0 saturated carbocycles. The molecule has 8 nitrogen and oxygen atoms in total. The highest BCUT2D eigenvalue weighted by molar-refractivity contribution is 5.87. The van der Waals surface area contributed by atoms with Gasteiger partial charge in [-0.05, 0) is 6.07 Å². The number of primary amides is 1. The highest BCUT2D eigenvalue weighted by Crippen LogP contribution is 2.18. The predicted molar refractivity (Wildman–Crippen MR) is 62.0 cm³/mol. The van der Waals surface area contributed by atoms with Crippen LogP contribution in [0, 0.1) is 0 Å². The van der Waals surface area contributed by atoms with Gasteiger partial charge in [-0.3, -0.25) is 14.3 Å². The van der Waals surface area contributed by atoms with Crippen LogP contribution in [0.3, 0.4) is 0 Å². The smallest absolute Gasteiger partial charge is 0.245 e. The van der Waals surface area contributed by atoms with Crippen molar-refractivity contribution >= 4 is 17.6 Å². The summed E-state index contributed by atoms with van der Waals surface area (Å²) in [4.78, 5) is 24.5. The molecular formula is C10H15N5O3. The van der Waals surface area contributed by atoms with Gasteiger partial charge in [-0.15, -0.1) is 0 Å². The fourth-order valence-corrected chi connectivity index (χ4v) is 2.05. The number of aliphatic hydroxyl groups is 1. The summed E-state index contributed by atoms with van der Waals surface area (Å²) >= 11 is 0. The number of anilines is 1. The number of nitrogens with two attached hydrogens (primary N) is 2. The molecular weight excluding hydrogens is 238 g/mol. The van der Waals surface area contributed by atoms with E-state index in [0.29, 0.717) is 5.82 Å². The standard InChI is InChI=1S/C10H15N5O3/c11-8-1-2-14(13-8)5-9(17)15-4-6(16)3-7(15)10(12)18/h1-2,6-7,16H,3-5H2,(H2,11,13)(H2,12,18). The Hall–Kier alpha value is -2.09. The van der Waals surface area contributed by atoms with Gasteiger partial charge in [0.25, 0.3) is 0 Å². The van der Waals surface area contributed by atoms with Gasteiger partial charge in [0.05, 0.1) is 6.10 Å². The molecule has 1 saturated heterocycles. The number of likely N-dealkylation sites (tertiary alicyclic amines) is 1. The van der Waals surface area contributed by atoms with E-state index >= 15 is 0 Å². The van der Waals surface area contributed by atoms with Gasteiger partial charge >= 0.3 is 0 Å². The number of β-amino-alcohol motifs (C(OH)–C–C–N with tert-alkyl or cyclic N) is 1. The largest absolute Gasteiger partial charge is 0.391 e. The third-order valence-corrected chi connectivity index (χ3v) is 2.89. The minimum absolute atomic E-state index is 0.0340. The van der Waals surface area contributed by atoms with Crippen molar-refractivity contribution in [2.75, 3.05) is 12.3 Å². The summed E-state index contributed by atoms with van der Waals surface area (Å²) in [5.41, 5.74) is 10.6. The first kappa shape index (κ1) is 12.4. The van der Waals surface area contributed by atoms with Gasteiger partial charge in [-0.25, -0.2) is 0 Å². The topological polar surface area (TPSA) is 127 Å². The number of aliphatic hydroxyl groups excluding tert-OH is 1. The van der Waals surface area contributed by atoms with E-state index in [2.05, 4.69) is 5.10 Å². The van der Waals surface area contributed by atoms with E-state index < -0.39 is 18.1 Å². The first-order chi connectivity index (χ1) is 8.47. The predicted octanol–water partition coefficient (Wildman–Crippen LogP) is -2.09. The molecule has 0 radical (unpaired) electrons. The number of nitrogens with zero attached hydrogens (tertiary/aromatic N) is 3.